The maximum atomic E-state index is 6.58. The molecule has 2 aliphatic carbocycles. The lowest BCUT2D eigenvalue weighted by atomic mass is 9.96. The minimum atomic E-state index is -0.239. The normalized spacial score (nSPS) is 34.6. The molecule has 0 radical (unpaired) electrons. The molecule has 1 saturated carbocycles. The second-order valence-corrected chi connectivity index (χ2v) is 8.05. The fraction of sp³-hybridized carbons (Fsp3) is 0.905. The molecular weight excluding hydrogens is 284 g/mol. The summed E-state index contributed by atoms with van der Waals surface area (Å²) in [7, 11) is 0. The number of rotatable bonds is 9. The summed E-state index contributed by atoms with van der Waals surface area (Å²) in [6.07, 6.45) is 19.8. The fourth-order valence-electron chi connectivity index (χ4n) is 4.85. The average Bonchev–Trinajstić information content (AvgIpc) is 3.21. The first-order valence-corrected chi connectivity index (χ1v) is 10.3. The van der Waals surface area contributed by atoms with Crippen LogP contribution < -0.4 is 0 Å². The zero-order valence-corrected chi connectivity index (χ0v) is 15.3. The van der Waals surface area contributed by atoms with Crippen LogP contribution in [0, 0.1) is 5.92 Å². The lowest BCUT2D eigenvalue weighted by molar-refractivity contribution is -0.252. The second-order valence-electron chi connectivity index (χ2n) is 8.05. The van der Waals surface area contributed by atoms with E-state index in [0.29, 0.717) is 18.1 Å². The zero-order valence-electron chi connectivity index (χ0n) is 15.3. The van der Waals surface area contributed by atoms with Crippen LogP contribution in [0.2, 0.25) is 0 Å². The van der Waals surface area contributed by atoms with E-state index < -0.39 is 0 Å². The Morgan fingerprint density at radius 3 is 2.91 bits per heavy atom. The first kappa shape index (κ1) is 17.5. The average molecular weight is 321 g/mol. The Morgan fingerprint density at radius 1 is 1.26 bits per heavy atom. The number of hydrogen-bond donors (Lipinski definition) is 0. The molecule has 0 bridgehead atoms. The van der Waals surface area contributed by atoms with Gasteiger partial charge in [-0.15, -0.1) is 0 Å². The first-order valence-electron chi connectivity index (χ1n) is 10.3. The summed E-state index contributed by atoms with van der Waals surface area (Å²) in [5.41, 5.74) is 1.56. The van der Waals surface area contributed by atoms with E-state index in [0.717, 1.165) is 6.42 Å². The van der Waals surface area contributed by atoms with Crippen LogP contribution in [0.25, 0.3) is 0 Å². The smallest absolute Gasteiger partial charge is 0.172 e. The summed E-state index contributed by atoms with van der Waals surface area (Å²) in [5, 5.41) is 0. The molecule has 3 rings (SSSR count). The van der Waals surface area contributed by atoms with Gasteiger partial charge in [-0.05, 0) is 57.4 Å². The predicted octanol–water partition coefficient (Wildman–Crippen LogP) is 6.15. The van der Waals surface area contributed by atoms with Gasteiger partial charge in [-0.3, -0.25) is 0 Å². The van der Waals surface area contributed by atoms with E-state index >= 15 is 0 Å². The lowest BCUT2D eigenvalue weighted by Gasteiger charge is -2.33. The van der Waals surface area contributed by atoms with Gasteiger partial charge in [-0.25, -0.2) is 0 Å². The van der Waals surface area contributed by atoms with Crippen molar-refractivity contribution in [1.82, 2.24) is 0 Å². The van der Waals surface area contributed by atoms with Crippen LogP contribution in [0.4, 0.5) is 0 Å². The molecule has 0 aromatic rings. The van der Waals surface area contributed by atoms with Crippen molar-refractivity contribution in [2.45, 2.75) is 115 Å². The van der Waals surface area contributed by atoms with Gasteiger partial charge in [0.05, 0.1) is 12.2 Å². The zero-order chi connectivity index (χ0) is 16.1. The van der Waals surface area contributed by atoms with Gasteiger partial charge >= 0.3 is 0 Å². The number of unbranched alkanes of at least 4 members (excludes halogenated alkanes) is 4. The summed E-state index contributed by atoms with van der Waals surface area (Å²) in [6.45, 7) is 4.54. The van der Waals surface area contributed by atoms with E-state index in [1.165, 1.54) is 77.0 Å². The predicted molar refractivity (Wildman–Crippen MR) is 95.4 cm³/mol. The molecule has 2 fully saturated rings. The van der Waals surface area contributed by atoms with Crippen molar-refractivity contribution < 1.29 is 9.47 Å². The van der Waals surface area contributed by atoms with Gasteiger partial charge in [0.25, 0.3) is 0 Å². The largest absolute Gasteiger partial charge is 0.347 e. The SMILES string of the molecule is CCCCCCCC(C)OC12CCCC1CC(C1=CCCC1)O2. The summed E-state index contributed by atoms with van der Waals surface area (Å²) < 4.78 is 13.2. The van der Waals surface area contributed by atoms with Crippen molar-refractivity contribution in [3.05, 3.63) is 11.6 Å². The van der Waals surface area contributed by atoms with Crippen molar-refractivity contribution in [2.24, 2.45) is 5.92 Å². The van der Waals surface area contributed by atoms with Crippen molar-refractivity contribution in [3.8, 4) is 0 Å². The minimum absolute atomic E-state index is 0.239. The van der Waals surface area contributed by atoms with Gasteiger partial charge in [-0.1, -0.05) is 45.1 Å². The summed E-state index contributed by atoms with van der Waals surface area (Å²) in [4.78, 5) is 0. The third kappa shape index (κ3) is 4.20. The van der Waals surface area contributed by atoms with Gasteiger partial charge in [-0.2, -0.15) is 0 Å². The van der Waals surface area contributed by atoms with Crippen molar-refractivity contribution >= 4 is 0 Å². The van der Waals surface area contributed by atoms with Crippen LogP contribution in [0.3, 0.4) is 0 Å². The van der Waals surface area contributed by atoms with E-state index in [1.807, 2.05) is 0 Å². The van der Waals surface area contributed by atoms with Crippen LogP contribution >= 0.6 is 0 Å². The second kappa shape index (κ2) is 8.16. The standard InChI is InChI=1S/C21H36O2/c1-3-4-5-6-7-11-17(2)22-21-15-10-14-19(21)16-20(23-21)18-12-8-9-13-18/h12,17,19-20H,3-11,13-16H2,1-2H3. The molecule has 1 aliphatic heterocycles. The Morgan fingerprint density at radius 2 is 2.13 bits per heavy atom. The maximum absolute atomic E-state index is 6.58. The molecule has 0 aromatic carbocycles. The molecule has 4 unspecified atom stereocenters. The van der Waals surface area contributed by atoms with Crippen LogP contribution in [-0.2, 0) is 9.47 Å². The molecule has 132 valence electrons. The Hall–Kier alpha value is -0.340. The molecule has 2 heteroatoms. The first-order chi connectivity index (χ1) is 11.2. The highest BCUT2D eigenvalue weighted by Crippen LogP contribution is 2.51. The molecule has 1 heterocycles. The number of hydrogen-bond acceptors (Lipinski definition) is 2. The number of allylic oxidation sites excluding steroid dienone is 1. The van der Waals surface area contributed by atoms with Crippen molar-refractivity contribution in [1.29, 1.82) is 0 Å². The number of ether oxygens (including phenoxy) is 2. The highest BCUT2D eigenvalue weighted by atomic mass is 16.7. The molecule has 0 amide bonds. The van der Waals surface area contributed by atoms with Gasteiger partial charge in [0, 0.05) is 12.3 Å². The van der Waals surface area contributed by atoms with Gasteiger partial charge in [0.2, 0.25) is 0 Å². The summed E-state index contributed by atoms with van der Waals surface area (Å²) >= 11 is 0. The third-order valence-corrected chi connectivity index (χ3v) is 6.14. The molecule has 0 aromatic heterocycles. The molecule has 0 spiro atoms. The molecule has 3 aliphatic rings. The summed E-state index contributed by atoms with van der Waals surface area (Å²) in [5.74, 6) is 0.397. The lowest BCUT2D eigenvalue weighted by Crippen LogP contribution is -2.38. The van der Waals surface area contributed by atoms with Crippen LogP contribution in [0.15, 0.2) is 11.6 Å². The monoisotopic (exact) mass is 320 g/mol. The quantitative estimate of drug-likeness (QED) is 0.375. The van der Waals surface area contributed by atoms with Crippen LogP contribution in [0.5, 0.6) is 0 Å². The Kier molecular flexibility index (Phi) is 6.20. The fourth-order valence-corrected chi connectivity index (χ4v) is 4.85. The Balaban J connectivity index is 1.48. The highest BCUT2D eigenvalue weighted by Gasteiger charge is 2.53. The van der Waals surface area contributed by atoms with Gasteiger partial charge in [0.15, 0.2) is 5.79 Å². The molecule has 1 saturated heterocycles. The Labute approximate surface area is 143 Å². The van der Waals surface area contributed by atoms with Gasteiger partial charge in [0.1, 0.15) is 0 Å². The van der Waals surface area contributed by atoms with Gasteiger partial charge < -0.3 is 9.47 Å². The topological polar surface area (TPSA) is 18.5 Å². The van der Waals surface area contributed by atoms with E-state index in [9.17, 15) is 0 Å². The number of fused-ring (bicyclic) bond motifs is 1. The van der Waals surface area contributed by atoms with Crippen LogP contribution in [-0.4, -0.2) is 18.0 Å². The van der Waals surface area contributed by atoms with Crippen LogP contribution in [0.1, 0.15) is 97.3 Å². The van der Waals surface area contributed by atoms with E-state index in [4.69, 9.17) is 9.47 Å². The maximum Gasteiger partial charge on any atom is 0.172 e. The van der Waals surface area contributed by atoms with E-state index in [-0.39, 0.29) is 5.79 Å². The third-order valence-electron chi connectivity index (χ3n) is 6.14. The Bertz CT molecular complexity index is 403. The van der Waals surface area contributed by atoms with Crippen molar-refractivity contribution in [2.75, 3.05) is 0 Å². The van der Waals surface area contributed by atoms with E-state index in [1.54, 1.807) is 5.57 Å². The minimum Gasteiger partial charge on any atom is -0.347 e. The molecule has 23 heavy (non-hydrogen) atoms. The van der Waals surface area contributed by atoms with Crippen molar-refractivity contribution in [3.63, 3.8) is 0 Å². The van der Waals surface area contributed by atoms with E-state index in [2.05, 4.69) is 19.9 Å². The highest BCUT2D eigenvalue weighted by molar-refractivity contribution is 5.16. The summed E-state index contributed by atoms with van der Waals surface area (Å²) in [6, 6.07) is 0. The molecule has 2 nitrogen and oxygen atoms in total. The molecular formula is C21H36O2. The molecule has 4 atom stereocenters. The molecule has 0 N–H and O–H groups in total.